The van der Waals surface area contributed by atoms with Crippen LogP contribution in [0.5, 0.6) is 0 Å². The van der Waals surface area contributed by atoms with Gasteiger partial charge in [-0.2, -0.15) is 0 Å². The molecule has 6 heteroatoms. The Morgan fingerprint density at radius 1 is 1.56 bits per heavy atom. The summed E-state index contributed by atoms with van der Waals surface area (Å²) in [5.41, 5.74) is -0.538. The highest BCUT2D eigenvalue weighted by Crippen LogP contribution is 2.17. The van der Waals surface area contributed by atoms with E-state index in [2.05, 4.69) is 4.99 Å². The lowest BCUT2D eigenvalue weighted by molar-refractivity contribution is -0.260. The molecule has 1 rings (SSSR count). The van der Waals surface area contributed by atoms with Crippen molar-refractivity contribution in [1.29, 1.82) is 0 Å². The molecule has 1 saturated heterocycles. The maximum absolute atomic E-state index is 11.4. The van der Waals surface area contributed by atoms with Crippen LogP contribution in [0.1, 0.15) is 33.6 Å². The third-order valence-electron chi connectivity index (χ3n) is 2.65. The Labute approximate surface area is 113 Å². The lowest BCUT2D eigenvalue weighted by Gasteiger charge is -2.30. The monoisotopic (exact) mass is 273 g/mol. The first-order valence-electron chi connectivity index (χ1n) is 6.14. The van der Waals surface area contributed by atoms with Gasteiger partial charge in [0, 0.05) is 12.1 Å². The zero-order valence-electron chi connectivity index (χ0n) is 11.2. The summed E-state index contributed by atoms with van der Waals surface area (Å²) >= 11 is 5.23. The van der Waals surface area contributed by atoms with Crippen molar-refractivity contribution in [3.05, 3.63) is 0 Å². The number of aliphatic hydroxyl groups is 1. The van der Waals surface area contributed by atoms with Gasteiger partial charge in [0.15, 0.2) is 0 Å². The van der Waals surface area contributed by atoms with Gasteiger partial charge in [0.2, 0.25) is 0 Å². The first kappa shape index (κ1) is 15.2. The molecule has 0 aromatic rings. The molecule has 1 N–H and O–H groups in total. The lowest BCUT2D eigenvalue weighted by Crippen LogP contribution is -2.39. The quantitative estimate of drug-likeness (QED) is 0.455. The molecule has 5 nitrogen and oxygen atoms in total. The first-order valence-corrected chi connectivity index (χ1v) is 6.55. The van der Waals surface area contributed by atoms with E-state index in [4.69, 9.17) is 17.0 Å². The Morgan fingerprint density at radius 3 is 2.78 bits per heavy atom. The van der Waals surface area contributed by atoms with Crippen molar-refractivity contribution in [2.45, 2.75) is 45.3 Å². The van der Waals surface area contributed by atoms with Crippen LogP contribution in [0, 0.1) is 0 Å². The molecule has 1 heterocycles. The van der Waals surface area contributed by atoms with Gasteiger partial charge in [-0.15, -0.1) is 0 Å². The number of likely N-dealkylation sites (tertiary alicyclic amines) is 1. The predicted molar refractivity (Wildman–Crippen MR) is 72.6 cm³/mol. The van der Waals surface area contributed by atoms with Crippen molar-refractivity contribution in [2.24, 2.45) is 4.99 Å². The smallest absolute Gasteiger partial charge is 0.146 e. The third-order valence-corrected chi connectivity index (χ3v) is 3.01. The second-order valence-electron chi connectivity index (χ2n) is 5.36. The molecule has 1 aliphatic heterocycles. The van der Waals surface area contributed by atoms with E-state index in [1.165, 1.54) is 0 Å². The number of thiocarbonyl (C=S) groups is 1. The maximum Gasteiger partial charge on any atom is 0.146 e. The molecule has 0 aromatic carbocycles. The Bertz CT molecular complexity index is 326. The summed E-state index contributed by atoms with van der Waals surface area (Å²) < 4.78 is 5.07. The molecular formula is C12H21N2O3S-. The van der Waals surface area contributed by atoms with Crippen LogP contribution in [0.25, 0.3) is 0 Å². The fourth-order valence-corrected chi connectivity index (χ4v) is 2.18. The molecule has 1 atom stereocenters. The van der Waals surface area contributed by atoms with E-state index in [1.807, 2.05) is 4.90 Å². The van der Waals surface area contributed by atoms with Crippen molar-refractivity contribution in [1.82, 2.24) is 4.90 Å². The molecule has 0 saturated carbocycles. The standard InChI is InChI=1S/C12H22N2O3S/c1-12(2,3)17-11(16)13-7-10(18)14-6-4-5-9(14)8-15/h9,15H,4-8H2,1-3H3,(H,13,16)/p-1/t9-/m1/s1. The summed E-state index contributed by atoms with van der Waals surface area (Å²) in [6.45, 7) is 6.45. The van der Waals surface area contributed by atoms with Crippen molar-refractivity contribution < 1.29 is 14.9 Å². The summed E-state index contributed by atoms with van der Waals surface area (Å²) in [5.74, 6) is 0. The summed E-state index contributed by atoms with van der Waals surface area (Å²) in [7, 11) is 0. The second-order valence-corrected chi connectivity index (χ2v) is 5.83. The van der Waals surface area contributed by atoms with Gasteiger partial charge in [-0.1, -0.05) is 33.0 Å². The van der Waals surface area contributed by atoms with Crippen LogP contribution in [0.15, 0.2) is 4.99 Å². The van der Waals surface area contributed by atoms with Crippen LogP contribution in [-0.2, 0) is 4.74 Å². The zero-order valence-corrected chi connectivity index (χ0v) is 12.0. The molecule has 0 amide bonds. The number of aliphatic hydroxyl groups excluding tert-OH is 1. The van der Waals surface area contributed by atoms with E-state index in [0.29, 0.717) is 4.99 Å². The summed E-state index contributed by atoms with van der Waals surface area (Å²) in [4.78, 5) is 6.34. The molecule has 1 aliphatic rings. The van der Waals surface area contributed by atoms with Crippen LogP contribution in [-0.4, -0.2) is 52.4 Å². The zero-order chi connectivity index (χ0) is 13.8. The van der Waals surface area contributed by atoms with E-state index in [-0.39, 0.29) is 19.2 Å². The molecule has 0 aromatic heterocycles. The summed E-state index contributed by atoms with van der Waals surface area (Å²) in [6, 6.07) is 0.0753. The number of nitrogens with zero attached hydrogens (tertiary/aromatic N) is 2. The van der Waals surface area contributed by atoms with E-state index >= 15 is 0 Å². The van der Waals surface area contributed by atoms with Crippen molar-refractivity contribution >= 4 is 23.3 Å². The van der Waals surface area contributed by atoms with E-state index in [1.54, 1.807) is 20.8 Å². The van der Waals surface area contributed by atoms with Crippen LogP contribution in [0.3, 0.4) is 0 Å². The van der Waals surface area contributed by atoms with Crippen molar-refractivity contribution in [3.8, 4) is 0 Å². The average molecular weight is 273 g/mol. The Hall–Kier alpha value is -0.880. The first-order chi connectivity index (χ1) is 8.33. The van der Waals surface area contributed by atoms with Gasteiger partial charge in [-0.3, -0.25) is 4.99 Å². The number of aliphatic imine (C=N–C) groups is 1. The molecule has 104 valence electrons. The highest BCUT2D eigenvalue weighted by Gasteiger charge is 2.25. The van der Waals surface area contributed by atoms with Crippen LogP contribution in [0.2, 0.25) is 0 Å². The highest BCUT2D eigenvalue weighted by atomic mass is 32.1. The van der Waals surface area contributed by atoms with Crippen molar-refractivity contribution in [2.75, 3.05) is 19.7 Å². The molecule has 18 heavy (non-hydrogen) atoms. The Morgan fingerprint density at radius 2 is 2.22 bits per heavy atom. The number of hydrogen-bond donors (Lipinski definition) is 1. The van der Waals surface area contributed by atoms with Gasteiger partial charge < -0.3 is 19.8 Å². The van der Waals surface area contributed by atoms with Gasteiger partial charge >= 0.3 is 0 Å². The molecule has 1 fully saturated rings. The van der Waals surface area contributed by atoms with Crippen LogP contribution >= 0.6 is 12.2 Å². The van der Waals surface area contributed by atoms with E-state index < -0.39 is 11.7 Å². The predicted octanol–water partition coefficient (Wildman–Crippen LogP) is 0.302. The molecular weight excluding hydrogens is 252 g/mol. The minimum Gasteiger partial charge on any atom is -0.595 e. The maximum atomic E-state index is 11.4. The van der Waals surface area contributed by atoms with Crippen LogP contribution in [0.4, 0.5) is 0 Å². The molecule has 0 unspecified atom stereocenters. The van der Waals surface area contributed by atoms with Gasteiger partial charge in [-0.05, 0) is 12.8 Å². The van der Waals surface area contributed by atoms with Crippen molar-refractivity contribution in [3.63, 3.8) is 0 Å². The number of ether oxygens (including phenoxy) is 1. The van der Waals surface area contributed by atoms with Gasteiger partial charge in [0.1, 0.15) is 11.1 Å². The highest BCUT2D eigenvalue weighted by molar-refractivity contribution is 7.80. The fourth-order valence-electron chi connectivity index (χ4n) is 1.87. The van der Waals surface area contributed by atoms with Gasteiger partial charge in [-0.25, -0.2) is 0 Å². The third kappa shape index (κ3) is 4.78. The SMILES string of the molecule is CC(C)(C)OC([O-])=NCC(=S)N1CCC[C@@H]1CO. The fraction of sp³-hybridized carbons (Fsp3) is 0.833. The van der Waals surface area contributed by atoms with Gasteiger partial charge in [0.25, 0.3) is 0 Å². The molecule has 0 spiro atoms. The second kappa shape index (κ2) is 6.33. The summed E-state index contributed by atoms with van der Waals surface area (Å²) in [6.07, 6.45) is 1.35. The molecule has 0 aliphatic carbocycles. The van der Waals surface area contributed by atoms with Crippen LogP contribution < -0.4 is 5.11 Å². The minimum atomic E-state index is -0.593. The molecule has 0 bridgehead atoms. The Kier molecular flexibility index (Phi) is 5.34. The minimum absolute atomic E-state index is 0.0753. The average Bonchev–Trinajstić information content (AvgIpc) is 2.71. The normalized spacial score (nSPS) is 21.2. The summed E-state index contributed by atoms with van der Waals surface area (Å²) in [5, 5.41) is 20.6. The van der Waals surface area contributed by atoms with E-state index in [9.17, 15) is 10.2 Å². The number of rotatable bonds is 3. The van der Waals surface area contributed by atoms with E-state index in [0.717, 1.165) is 19.4 Å². The lowest BCUT2D eigenvalue weighted by atomic mass is 10.2. The number of hydrogen-bond acceptors (Lipinski definition) is 5. The van der Waals surface area contributed by atoms with Gasteiger partial charge in [0.05, 0.1) is 19.2 Å². The topological polar surface area (TPSA) is 68.1 Å². The Balaban J connectivity index is 2.47. The largest absolute Gasteiger partial charge is 0.595 e. The molecule has 0 radical (unpaired) electrons.